The van der Waals surface area contributed by atoms with Crippen molar-refractivity contribution >= 4 is 35.7 Å². The molecule has 200 valence electrons. The molecule has 38 heavy (non-hydrogen) atoms. The summed E-state index contributed by atoms with van der Waals surface area (Å²) in [6.45, 7) is 4.23. The zero-order chi connectivity index (χ0) is 26.2. The van der Waals surface area contributed by atoms with Gasteiger partial charge >= 0.3 is 0 Å². The lowest BCUT2D eigenvalue weighted by molar-refractivity contribution is 0.284. The monoisotopic (exact) mass is 535 g/mol. The highest BCUT2D eigenvalue weighted by Gasteiger charge is 2.20. The fourth-order valence-electron chi connectivity index (χ4n) is 4.69. The maximum absolute atomic E-state index is 6.25. The molecule has 2 aromatic carbocycles. The summed E-state index contributed by atoms with van der Waals surface area (Å²) in [5.41, 5.74) is 4.79. The van der Waals surface area contributed by atoms with Crippen molar-refractivity contribution in [1.82, 2.24) is 15.0 Å². The van der Waals surface area contributed by atoms with E-state index in [0.717, 1.165) is 74.9 Å². The number of methoxy groups -OCH3 is 1. The molecular formula is C28H34ClN7O2. The van der Waals surface area contributed by atoms with Gasteiger partial charge in [0.1, 0.15) is 6.61 Å². The zero-order valence-corrected chi connectivity index (χ0v) is 22.5. The number of nitrogens with zero attached hydrogens (tertiary/aromatic N) is 6. The van der Waals surface area contributed by atoms with E-state index in [4.69, 9.17) is 26.1 Å². The van der Waals surface area contributed by atoms with Crippen molar-refractivity contribution in [2.75, 3.05) is 48.5 Å². The normalized spacial score (nSPS) is 16.1. The van der Waals surface area contributed by atoms with Gasteiger partial charge in [0, 0.05) is 36.8 Å². The molecule has 2 fully saturated rings. The molecule has 0 unspecified atom stereocenters. The Hall–Kier alpha value is -3.59. The van der Waals surface area contributed by atoms with Crippen molar-refractivity contribution in [3.8, 4) is 11.5 Å². The molecule has 3 aromatic rings. The van der Waals surface area contributed by atoms with Crippen LogP contribution in [-0.2, 0) is 6.61 Å². The van der Waals surface area contributed by atoms with Crippen LogP contribution in [0.2, 0.25) is 5.02 Å². The number of anilines is 3. The van der Waals surface area contributed by atoms with Gasteiger partial charge in [-0.2, -0.15) is 20.1 Å². The minimum atomic E-state index is 0.350. The second-order valence-corrected chi connectivity index (χ2v) is 9.92. The third-order valence-electron chi connectivity index (χ3n) is 6.80. The first-order valence-electron chi connectivity index (χ1n) is 13.3. The SMILES string of the molecule is COc1cc(C=NNc2nc(N3CCCCC3)nc(N3CCCCC3)n2)ccc1OCc1ccccc1Cl. The number of benzene rings is 2. The van der Waals surface area contributed by atoms with Crippen LogP contribution in [0.3, 0.4) is 0 Å². The van der Waals surface area contributed by atoms with E-state index in [9.17, 15) is 0 Å². The highest BCUT2D eigenvalue weighted by Crippen LogP contribution is 2.29. The van der Waals surface area contributed by atoms with Crippen molar-refractivity contribution in [2.24, 2.45) is 5.10 Å². The standard InChI is InChI=1S/C28H34ClN7O2/c1-37-25-18-21(12-13-24(25)38-20-22-10-4-5-11-23(22)29)19-30-34-26-31-27(35-14-6-2-7-15-35)33-28(32-26)36-16-8-3-9-17-36/h4-5,10-13,18-19H,2-3,6-9,14-17,20H2,1H3,(H,31,32,33,34). The van der Waals surface area contributed by atoms with Crippen LogP contribution in [0.4, 0.5) is 17.8 Å². The number of piperidine rings is 2. The smallest absolute Gasteiger partial charge is 0.250 e. The van der Waals surface area contributed by atoms with Crippen LogP contribution < -0.4 is 24.7 Å². The number of hydrazone groups is 1. The summed E-state index contributed by atoms with van der Waals surface area (Å²) in [5.74, 6) is 3.14. The first-order chi connectivity index (χ1) is 18.7. The predicted octanol–water partition coefficient (Wildman–Crippen LogP) is 5.54. The fraction of sp³-hybridized carbons (Fsp3) is 0.429. The van der Waals surface area contributed by atoms with Gasteiger partial charge in [-0.1, -0.05) is 29.8 Å². The molecule has 9 nitrogen and oxygen atoms in total. The van der Waals surface area contributed by atoms with Gasteiger partial charge in [0.05, 0.1) is 13.3 Å². The van der Waals surface area contributed by atoms with Crippen LogP contribution in [0.25, 0.3) is 0 Å². The molecule has 2 aliphatic heterocycles. The van der Waals surface area contributed by atoms with E-state index in [0.29, 0.717) is 29.1 Å². The molecule has 3 heterocycles. The fourth-order valence-corrected chi connectivity index (χ4v) is 4.88. The van der Waals surface area contributed by atoms with Crippen LogP contribution in [0.1, 0.15) is 49.7 Å². The highest BCUT2D eigenvalue weighted by atomic mass is 35.5. The summed E-state index contributed by atoms with van der Waals surface area (Å²) in [4.78, 5) is 18.7. The number of aromatic nitrogens is 3. The summed E-state index contributed by atoms with van der Waals surface area (Å²) >= 11 is 6.25. The molecule has 10 heteroatoms. The first kappa shape index (κ1) is 26.0. The second kappa shape index (κ2) is 12.8. The number of nitrogens with one attached hydrogen (secondary N) is 1. The van der Waals surface area contributed by atoms with Crippen LogP contribution in [0.5, 0.6) is 11.5 Å². The molecule has 0 aliphatic carbocycles. The topological polar surface area (TPSA) is 88.0 Å². The van der Waals surface area contributed by atoms with Crippen molar-refractivity contribution in [3.05, 3.63) is 58.6 Å². The summed E-state index contributed by atoms with van der Waals surface area (Å²) in [6.07, 6.45) is 8.85. The minimum absolute atomic E-state index is 0.350. The Bertz CT molecular complexity index is 1210. The maximum atomic E-state index is 6.25. The molecule has 5 rings (SSSR count). The molecule has 0 bridgehead atoms. The van der Waals surface area contributed by atoms with E-state index in [-0.39, 0.29) is 0 Å². The van der Waals surface area contributed by atoms with Crippen molar-refractivity contribution in [1.29, 1.82) is 0 Å². The van der Waals surface area contributed by atoms with Gasteiger partial charge in [0.15, 0.2) is 11.5 Å². The summed E-state index contributed by atoms with van der Waals surface area (Å²) in [5, 5.41) is 5.09. The first-order valence-corrected chi connectivity index (χ1v) is 13.7. The van der Waals surface area contributed by atoms with Gasteiger partial charge in [0.2, 0.25) is 17.8 Å². The molecule has 1 aromatic heterocycles. The predicted molar refractivity (Wildman–Crippen MR) is 152 cm³/mol. The average molecular weight is 536 g/mol. The Morgan fingerprint density at radius 1 is 0.868 bits per heavy atom. The highest BCUT2D eigenvalue weighted by molar-refractivity contribution is 6.31. The third kappa shape index (κ3) is 6.64. The number of halogens is 1. The Kier molecular flexibility index (Phi) is 8.75. The van der Waals surface area contributed by atoms with Crippen LogP contribution in [-0.4, -0.2) is 54.5 Å². The number of hydrogen-bond acceptors (Lipinski definition) is 9. The maximum Gasteiger partial charge on any atom is 0.250 e. The quantitative estimate of drug-likeness (QED) is 0.282. The lowest BCUT2D eigenvalue weighted by atomic mass is 10.1. The second-order valence-electron chi connectivity index (χ2n) is 9.51. The van der Waals surface area contributed by atoms with E-state index in [1.807, 2.05) is 42.5 Å². The molecule has 0 spiro atoms. The third-order valence-corrected chi connectivity index (χ3v) is 7.17. The van der Waals surface area contributed by atoms with Gasteiger partial charge in [-0.05, 0) is 68.4 Å². The number of rotatable bonds is 9. The Morgan fingerprint density at radius 2 is 1.53 bits per heavy atom. The van der Waals surface area contributed by atoms with E-state index >= 15 is 0 Å². The van der Waals surface area contributed by atoms with Crippen molar-refractivity contribution in [2.45, 2.75) is 45.1 Å². The summed E-state index contributed by atoms with van der Waals surface area (Å²) in [6, 6.07) is 13.3. The van der Waals surface area contributed by atoms with Crippen LogP contribution in [0.15, 0.2) is 47.6 Å². The minimum Gasteiger partial charge on any atom is -0.493 e. The number of hydrogen-bond donors (Lipinski definition) is 1. The van der Waals surface area contributed by atoms with E-state index in [1.54, 1.807) is 13.3 Å². The molecule has 2 saturated heterocycles. The molecule has 2 aliphatic rings. The van der Waals surface area contributed by atoms with Crippen molar-refractivity contribution < 1.29 is 9.47 Å². The van der Waals surface area contributed by atoms with E-state index < -0.39 is 0 Å². The average Bonchev–Trinajstić information content (AvgIpc) is 2.98. The van der Waals surface area contributed by atoms with Crippen LogP contribution >= 0.6 is 11.6 Å². The van der Waals surface area contributed by atoms with Gasteiger partial charge in [-0.3, -0.25) is 0 Å². The van der Waals surface area contributed by atoms with E-state index in [1.165, 1.54) is 12.8 Å². The summed E-state index contributed by atoms with van der Waals surface area (Å²) < 4.78 is 11.5. The molecule has 0 saturated carbocycles. The van der Waals surface area contributed by atoms with Gasteiger partial charge < -0.3 is 19.3 Å². The van der Waals surface area contributed by atoms with Gasteiger partial charge in [0.25, 0.3) is 0 Å². The lowest BCUT2D eigenvalue weighted by Gasteiger charge is -2.30. The molecule has 0 radical (unpaired) electrons. The molecule has 0 atom stereocenters. The summed E-state index contributed by atoms with van der Waals surface area (Å²) in [7, 11) is 1.62. The molecule has 0 amide bonds. The van der Waals surface area contributed by atoms with Gasteiger partial charge in [-0.25, -0.2) is 5.43 Å². The molecule has 1 N–H and O–H groups in total. The van der Waals surface area contributed by atoms with Crippen LogP contribution in [0, 0.1) is 0 Å². The number of ether oxygens (including phenoxy) is 2. The van der Waals surface area contributed by atoms with Crippen molar-refractivity contribution in [3.63, 3.8) is 0 Å². The lowest BCUT2D eigenvalue weighted by Crippen LogP contribution is -2.34. The largest absolute Gasteiger partial charge is 0.493 e. The van der Waals surface area contributed by atoms with Gasteiger partial charge in [-0.15, -0.1) is 0 Å². The Labute approximate surface area is 228 Å². The Morgan fingerprint density at radius 3 is 2.16 bits per heavy atom. The molecular weight excluding hydrogens is 502 g/mol. The van der Waals surface area contributed by atoms with E-state index in [2.05, 4.69) is 30.3 Å². The Balaban J connectivity index is 1.29. The zero-order valence-electron chi connectivity index (χ0n) is 21.8.